The zero-order valence-corrected chi connectivity index (χ0v) is 19.3. The molecule has 1 amide bonds. The van der Waals surface area contributed by atoms with Gasteiger partial charge in [-0.1, -0.05) is 12.1 Å². The summed E-state index contributed by atoms with van der Waals surface area (Å²) in [5, 5.41) is 0. The highest BCUT2D eigenvalue weighted by atomic mass is 32.2. The third-order valence-corrected chi connectivity index (χ3v) is 8.45. The fraction of sp³-hybridized carbons (Fsp3) is 0.409. The van der Waals surface area contributed by atoms with Crippen LogP contribution in [0.3, 0.4) is 0 Å². The van der Waals surface area contributed by atoms with Crippen LogP contribution >= 0.6 is 11.8 Å². The molecular formula is C22H26N2O5S2. The second-order valence-corrected chi connectivity index (χ2v) is 10.6. The number of thioether (sulfide) groups is 1. The summed E-state index contributed by atoms with van der Waals surface area (Å²) in [7, 11) is -3.56. The molecule has 2 aliphatic rings. The van der Waals surface area contributed by atoms with Crippen LogP contribution in [0.1, 0.15) is 11.1 Å². The molecule has 0 unspecified atom stereocenters. The van der Waals surface area contributed by atoms with Crippen LogP contribution in [-0.2, 0) is 14.8 Å². The van der Waals surface area contributed by atoms with Crippen LogP contribution in [0.2, 0.25) is 0 Å². The first-order chi connectivity index (χ1) is 14.8. The molecule has 2 aromatic carbocycles. The van der Waals surface area contributed by atoms with Crippen molar-refractivity contribution in [1.82, 2.24) is 9.21 Å². The van der Waals surface area contributed by atoms with Gasteiger partial charge in [-0.25, -0.2) is 8.42 Å². The minimum absolute atomic E-state index is 0.00340. The summed E-state index contributed by atoms with van der Waals surface area (Å²) >= 11 is 1.44. The van der Waals surface area contributed by atoms with Crippen LogP contribution in [0.5, 0.6) is 11.5 Å². The summed E-state index contributed by atoms with van der Waals surface area (Å²) in [6.07, 6.45) is 0. The van der Waals surface area contributed by atoms with Gasteiger partial charge >= 0.3 is 0 Å². The first-order valence-corrected chi connectivity index (χ1v) is 12.6. The Balaban J connectivity index is 1.33. The lowest BCUT2D eigenvalue weighted by atomic mass is 10.2. The molecule has 0 N–H and O–H groups in total. The van der Waals surface area contributed by atoms with Gasteiger partial charge in [-0.05, 0) is 49.2 Å². The Labute approximate surface area is 187 Å². The number of aryl methyl sites for hydroxylation is 2. The van der Waals surface area contributed by atoms with E-state index in [-0.39, 0.29) is 5.91 Å². The molecule has 0 saturated carbocycles. The van der Waals surface area contributed by atoms with Gasteiger partial charge in [0.2, 0.25) is 15.9 Å². The molecule has 9 heteroatoms. The lowest BCUT2D eigenvalue weighted by Gasteiger charge is -2.34. The fourth-order valence-electron chi connectivity index (χ4n) is 3.65. The largest absolute Gasteiger partial charge is 0.486 e. The van der Waals surface area contributed by atoms with Gasteiger partial charge < -0.3 is 14.4 Å². The molecule has 0 bridgehead atoms. The minimum Gasteiger partial charge on any atom is -0.486 e. The molecule has 1 saturated heterocycles. The van der Waals surface area contributed by atoms with Crippen molar-refractivity contribution in [3.8, 4) is 11.5 Å². The molecule has 2 aromatic rings. The summed E-state index contributed by atoms with van der Waals surface area (Å²) in [5.74, 6) is 1.73. The van der Waals surface area contributed by atoms with E-state index in [2.05, 4.69) is 0 Å². The lowest BCUT2D eigenvalue weighted by Crippen LogP contribution is -2.51. The highest BCUT2D eigenvalue weighted by Gasteiger charge is 2.31. The van der Waals surface area contributed by atoms with Crippen molar-refractivity contribution in [2.24, 2.45) is 0 Å². The molecule has 1 fully saturated rings. The molecule has 7 nitrogen and oxygen atoms in total. The number of rotatable bonds is 5. The molecule has 2 aliphatic heterocycles. The lowest BCUT2D eigenvalue weighted by molar-refractivity contribution is -0.129. The second-order valence-electron chi connectivity index (χ2n) is 7.65. The SMILES string of the molecule is Cc1ccc(C)c(S(=O)(=O)N2CCN(C(=O)CSc3ccc4c(c3)OCCO4)CC2)c1. The van der Waals surface area contributed by atoms with Crippen LogP contribution < -0.4 is 9.47 Å². The average molecular weight is 463 g/mol. The van der Waals surface area contributed by atoms with Crippen LogP contribution in [0.25, 0.3) is 0 Å². The van der Waals surface area contributed by atoms with E-state index < -0.39 is 10.0 Å². The third kappa shape index (κ3) is 4.83. The number of carbonyl (C=O) groups is 1. The minimum atomic E-state index is -3.56. The topological polar surface area (TPSA) is 76.2 Å². The van der Waals surface area contributed by atoms with E-state index in [0.717, 1.165) is 21.8 Å². The maximum atomic E-state index is 13.1. The van der Waals surface area contributed by atoms with E-state index in [1.807, 2.05) is 37.3 Å². The van der Waals surface area contributed by atoms with Crippen molar-refractivity contribution < 1.29 is 22.7 Å². The molecule has 0 radical (unpaired) electrons. The van der Waals surface area contributed by atoms with Gasteiger partial charge in [-0.2, -0.15) is 4.31 Å². The maximum absolute atomic E-state index is 13.1. The molecule has 166 valence electrons. The van der Waals surface area contributed by atoms with Crippen LogP contribution in [-0.4, -0.2) is 68.7 Å². The van der Waals surface area contributed by atoms with Crippen LogP contribution in [0, 0.1) is 13.8 Å². The number of piperazine rings is 1. The van der Waals surface area contributed by atoms with Crippen molar-refractivity contribution in [2.45, 2.75) is 23.6 Å². The monoisotopic (exact) mass is 462 g/mol. The molecule has 0 aromatic heterocycles. The Morgan fingerprint density at radius 2 is 1.68 bits per heavy atom. The van der Waals surface area contributed by atoms with Crippen LogP contribution in [0.4, 0.5) is 0 Å². The normalized spacial score (nSPS) is 16.9. The number of carbonyl (C=O) groups excluding carboxylic acids is 1. The van der Waals surface area contributed by atoms with Crippen molar-refractivity contribution >= 4 is 27.7 Å². The van der Waals surface area contributed by atoms with E-state index in [1.54, 1.807) is 17.9 Å². The highest BCUT2D eigenvalue weighted by Crippen LogP contribution is 2.34. The zero-order chi connectivity index (χ0) is 22.0. The zero-order valence-electron chi connectivity index (χ0n) is 17.7. The number of ether oxygens (including phenoxy) is 2. The van der Waals surface area contributed by atoms with Gasteiger partial charge in [0.05, 0.1) is 10.6 Å². The molecule has 0 aliphatic carbocycles. The number of sulfonamides is 1. The number of nitrogens with zero attached hydrogens (tertiary/aromatic N) is 2. The first-order valence-electron chi connectivity index (χ1n) is 10.2. The predicted molar refractivity (Wildman–Crippen MR) is 119 cm³/mol. The molecular weight excluding hydrogens is 436 g/mol. The van der Waals surface area contributed by atoms with Gasteiger partial charge in [0.1, 0.15) is 13.2 Å². The fourth-order valence-corrected chi connectivity index (χ4v) is 6.21. The Morgan fingerprint density at radius 3 is 2.42 bits per heavy atom. The predicted octanol–water partition coefficient (Wildman–Crippen LogP) is 2.70. The van der Waals surface area contributed by atoms with Gasteiger partial charge in [0, 0.05) is 31.1 Å². The number of hydrogen-bond donors (Lipinski definition) is 0. The average Bonchev–Trinajstić information content (AvgIpc) is 2.79. The van der Waals surface area contributed by atoms with Crippen molar-refractivity contribution in [2.75, 3.05) is 45.1 Å². The second kappa shape index (κ2) is 9.10. The Hall–Kier alpha value is -2.23. The van der Waals surface area contributed by atoms with Gasteiger partial charge in [-0.3, -0.25) is 4.79 Å². The van der Waals surface area contributed by atoms with Gasteiger partial charge in [0.25, 0.3) is 0 Å². The number of amides is 1. The van der Waals surface area contributed by atoms with Crippen molar-refractivity contribution in [3.05, 3.63) is 47.5 Å². The van der Waals surface area contributed by atoms with Crippen LogP contribution in [0.15, 0.2) is 46.2 Å². The third-order valence-electron chi connectivity index (χ3n) is 5.43. The molecule has 31 heavy (non-hydrogen) atoms. The molecule has 4 rings (SSSR count). The molecule has 0 spiro atoms. The quantitative estimate of drug-likeness (QED) is 0.636. The summed E-state index contributed by atoms with van der Waals surface area (Å²) in [6, 6.07) is 11.1. The Morgan fingerprint density at radius 1 is 0.968 bits per heavy atom. The van der Waals surface area contributed by atoms with Gasteiger partial charge in [-0.15, -0.1) is 11.8 Å². The smallest absolute Gasteiger partial charge is 0.243 e. The number of hydrogen-bond acceptors (Lipinski definition) is 6. The molecule has 2 heterocycles. The highest BCUT2D eigenvalue weighted by molar-refractivity contribution is 8.00. The number of benzene rings is 2. The Bertz CT molecular complexity index is 1080. The summed E-state index contributed by atoms with van der Waals surface area (Å²) in [5.41, 5.74) is 1.65. The van der Waals surface area contributed by atoms with E-state index in [9.17, 15) is 13.2 Å². The standard InChI is InChI=1S/C22H26N2O5S2/c1-16-3-4-17(2)21(13-16)31(26,27)24-9-7-23(8-10-24)22(25)15-30-18-5-6-19-20(14-18)29-12-11-28-19/h3-6,13-14H,7-12,15H2,1-2H3. The maximum Gasteiger partial charge on any atom is 0.243 e. The van der Waals surface area contributed by atoms with E-state index in [0.29, 0.717) is 55.8 Å². The summed E-state index contributed by atoms with van der Waals surface area (Å²) in [4.78, 5) is 15.7. The summed E-state index contributed by atoms with van der Waals surface area (Å²) < 4.78 is 38.7. The Kier molecular flexibility index (Phi) is 6.45. The van der Waals surface area contributed by atoms with Crippen molar-refractivity contribution in [3.63, 3.8) is 0 Å². The summed E-state index contributed by atoms with van der Waals surface area (Å²) in [6.45, 7) is 6.15. The first kappa shape index (κ1) is 22.0. The van der Waals surface area contributed by atoms with E-state index >= 15 is 0 Å². The number of fused-ring (bicyclic) bond motifs is 1. The van der Waals surface area contributed by atoms with Crippen molar-refractivity contribution in [1.29, 1.82) is 0 Å². The van der Waals surface area contributed by atoms with E-state index in [1.165, 1.54) is 16.1 Å². The van der Waals surface area contributed by atoms with E-state index in [4.69, 9.17) is 9.47 Å². The van der Waals surface area contributed by atoms with Gasteiger partial charge in [0.15, 0.2) is 11.5 Å². The molecule has 0 atom stereocenters.